The molecular weight excluding hydrogens is 296 g/mol. The third kappa shape index (κ3) is 3.78. The Kier molecular flexibility index (Phi) is 5.52. The maximum Gasteiger partial charge on any atom is 0.119 e. The monoisotopic (exact) mass is 322 g/mol. The molecule has 126 valence electrons. The van der Waals surface area contributed by atoms with Crippen molar-refractivity contribution in [2.75, 3.05) is 18.7 Å². The molecule has 0 saturated heterocycles. The van der Waals surface area contributed by atoms with Crippen LogP contribution in [0, 0.1) is 0 Å². The fraction of sp³-hybridized carbons (Fsp3) is 0.381. The van der Waals surface area contributed by atoms with Crippen molar-refractivity contribution in [3.63, 3.8) is 0 Å². The molecule has 3 nitrogen and oxygen atoms in total. The second-order valence-corrected chi connectivity index (χ2v) is 6.29. The molecular formula is C21H26N2O. The Labute approximate surface area is 145 Å². The Hall–Kier alpha value is -2.29. The lowest BCUT2D eigenvalue weighted by molar-refractivity contribution is 0.415. The molecule has 0 fully saturated rings. The molecule has 0 aliphatic carbocycles. The number of rotatable bonds is 7. The normalized spacial score (nSPS) is 17.0. The molecule has 2 aromatic rings. The third-order valence-corrected chi connectivity index (χ3v) is 4.62. The minimum atomic E-state index is 0.394. The van der Waals surface area contributed by atoms with E-state index in [4.69, 9.17) is 9.84 Å². The predicted octanol–water partition coefficient (Wildman–Crippen LogP) is 5.24. The van der Waals surface area contributed by atoms with Crippen LogP contribution in [0.25, 0.3) is 0 Å². The van der Waals surface area contributed by atoms with Crippen LogP contribution in [0.2, 0.25) is 0 Å². The van der Waals surface area contributed by atoms with Gasteiger partial charge < -0.3 is 4.74 Å². The Morgan fingerprint density at radius 1 is 1.04 bits per heavy atom. The van der Waals surface area contributed by atoms with Crippen LogP contribution in [0.5, 0.6) is 5.75 Å². The summed E-state index contributed by atoms with van der Waals surface area (Å²) in [6, 6.07) is 18.9. The van der Waals surface area contributed by atoms with Gasteiger partial charge in [0.2, 0.25) is 0 Å². The summed E-state index contributed by atoms with van der Waals surface area (Å²) in [5.74, 6) is 1.27. The van der Waals surface area contributed by atoms with E-state index in [1.807, 2.05) is 12.1 Å². The number of benzene rings is 2. The first-order valence-corrected chi connectivity index (χ1v) is 8.85. The molecule has 0 aromatic heterocycles. The molecule has 0 bridgehead atoms. The number of hydrogen-bond acceptors (Lipinski definition) is 3. The van der Waals surface area contributed by atoms with E-state index in [1.165, 1.54) is 30.5 Å². The molecule has 0 radical (unpaired) electrons. The molecule has 1 aliphatic rings. The molecule has 0 saturated carbocycles. The minimum Gasteiger partial charge on any atom is -0.497 e. The number of hydrazone groups is 1. The Morgan fingerprint density at radius 2 is 1.79 bits per heavy atom. The predicted molar refractivity (Wildman–Crippen MR) is 101 cm³/mol. The van der Waals surface area contributed by atoms with Gasteiger partial charge in [-0.25, -0.2) is 0 Å². The zero-order valence-corrected chi connectivity index (χ0v) is 14.6. The SMILES string of the molecule is CCCCCC1=NN(c2ccc(OC)cc2)CC1c1ccccc1. The van der Waals surface area contributed by atoms with E-state index in [0.29, 0.717) is 5.92 Å². The Bertz CT molecular complexity index is 664. The average Bonchev–Trinajstić information content (AvgIpc) is 3.07. The van der Waals surface area contributed by atoms with Gasteiger partial charge in [0.15, 0.2) is 0 Å². The maximum absolute atomic E-state index is 5.25. The molecule has 3 heteroatoms. The first-order chi connectivity index (χ1) is 11.8. The number of nitrogens with zero attached hydrogens (tertiary/aromatic N) is 2. The molecule has 1 aliphatic heterocycles. The largest absolute Gasteiger partial charge is 0.497 e. The van der Waals surface area contributed by atoms with Crippen LogP contribution in [0.1, 0.15) is 44.1 Å². The number of methoxy groups -OCH3 is 1. The molecule has 1 unspecified atom stereocenters. The maximum atomic E-state index is 5.25. The van der Waals surface area contributed by atoms with Gasteiger partial charge in [0.25, 0.3) is 0 Å². The zero-order chi connectivity index (χ0) is 16.8. The van der Waals surface area contributed by atoms with Crippen LogP contribution in [0.3, 0.4) is 0 Å². The van der Waals surface area contributed by atoms with Gasteiger partial charge in [-0.05, 0) is 42.7 Å². The summed E-state index contributed by atoms with van der Waals surface area (Å²) in [4.78, 5) is 0. The van der Waals surface area contributed by atoms with Crippen LogP contribution < -0.4 is 9.75 Å². The van der Waals surface area contributed by atoms with Crippen molar-refractivity contribution in [2.24, 2.45) is 5.10 Å². The molecule has 0 amide bonds. The van der Waals surface area contributed by atoms with Crippen LogP contribution in [0.4, 0.5) is 5.69 Å². The lowest BCUT2D eigenvalue weighted by Gasteiger charge is -2.17. The molecule has 2 aromatic carbocycles. The van der Waals surface area contributed by atoms with Crippen molar-refractivity contribution >= 4 is 11.4 Å². The van der Waals surface area contributed by atoms with Crippen molar-refractivity contribution in [3.05, 3.63) is 60.2 Å². The van der Waals surface area contributed by atoms with Gasteiger partial charge in [0.1, 0.15) is 5.75 Å². The molecule has 0 N–H and O–H groups in total. The van der Waals surface area contributed by atoms with Gasteiger partial charge in [-0.15, -0.1) is 0 Å². The number of unbranched alkanes of at least 4 members (excludes halogenated alkanes) is 2. The fourth-order valence-corrected chi connectivity index (χ4v) is 3.22. The Morgan fingerprint density at radius 3 is 2.46 bits per heavy atom. The van der Waals surface area contributed by atoms with E-state index in [0.717, 1.165) is 24.4 Å². The van der Waals surface area contributed by atoms with Crippen molar-refractivity contribution in [2.45, 2.75) is 38.5 Å². The van der Waals surface area contributed by atoms with Gasteiger partial charge in [-0.2, -0.15) is 5.10 Å². The topological polar surface area (TPSA) is 24.8 Å². The highest BCUT2D eigenvalue weighted by Crippen LogP contribution is 2.31. The summed E-state index contributed by atoms with van der Waals surface area (Å²) in [5.41, 5.74) is 3.80. The van der Waals surface area contributed by atoms with Gasteiger partial charge in [0, 0.05) is 11.6 Å². The minimum absolute atomic E-state index is 0.394. The molecule has 0 spiro atoms. The lowest BCUT2D eigenvalue weighted by atomic mass is 9.92. The highest BCUT2D eigenvalue weighted by molar-refractivity contribution is 5.94. The molecule has 1 heterocycles. The summed E-state index contributed by atoms with van der Waals surface area (Å²) in [6.45, 7) is 3.16. The highest BCUT2D eigenvalue weighted by Gasteiger charge is 2.28. The van der Waals surface area contributed by atoms with Gasteiger partial charge in [-0.3, -0.25) is 5.01 Å². The summed E-state index contributed by atoms with van der Waals surface area (Å²) in [6.07, 6.45) is 4.81. The van der Waals surface area contributed by atoms with Crippen molar-refractivity contribution in [1.82, 2.24) is 0 Å². The van der Waals surface area contributed by atoms with E-state index in [9.17, 15) is 0 Å². The summed E-state index contributed by atoms with van der Waals surface area (Å²) in [5, 5.41) is 7.09. The van der Waals surface area contributed by atoms with E-state index >= 15 is 0 Å². The second-order valence-electron chi connectivity index (χ2n) is 6.29. The van der Waals surface area contributed by atoms with Gasteiger partial charge in [-0.1, -0.05) is 50.1 Å². The summed E-state index contributed by atoms with van der Waals surface area (Å²) >= 11 is 0. The summed E-state index contributed by atoms with van der Waals surface area (Å²) < 4.78 is 5.25. The lowest BCUT2D eigenvalue weighted by Crippen LogP contribution is -2.17. The van der Waals surface area contributed by atoms with E-state index in [1.54, 1.807) is 7.11 Å². The molecule has 1 atom stereocenters. The van der Waals surface area contributed by atoms with Gasteiger partial charge >= 0.3 is 0 Å². The fourth-order valence-electron chi connectivity index (χ4n) is 3.22. The van der Waals surface area contributed by atoms with Crippen LogP contribution in [0.15, 0.2) is 59.7 Å². The zero-order valence-electron chi connectivity index (χ0n) is 14.6. The van der Waals surface area contributed by atoms with Crippen LogP contribution >= 0.6 is 0 Å². The van der Waals surface area contributed by atoms with E-state index in [2.05, 4.69) is 54.4 Å². The van der Waals surface area contributed by atoms with Crippen molar-refractivity contribution in [1.29, 1.82) is 0 Å². The molecule has 3 rings (SSSR count). The standard InChI is InChI=1S/C21H26N2O/c1-3-4-6-11-21-20(17-9-7-5-8-10-17)16-23(22-21)18-12-14-19(24-2)15-13-18/h5,7-10,12-15,20H,3-4,6,11,16H2,1-2H3. The number of ether oxygens (including phenoxy) is 1. The summed E-state index contributed by atoms with van der Waals surface area (Å²) in [7, 11) is 1.69. The van der Waals surface area contributed by atoms with Crippen LogP contribution in [-0.4, -0.2) is 19.4 Å². The number of hydrogen-bond donors (Lipinski definition) is 0. The third-order valence-electron chi connectivity index (χ3n) is 4.62. The molecule has 24 heavy (non-hydrogen) atoms. The smallest absolute Gasteiger partial charge is 0.119 e. The Balaban J connectivity index is 1.81. The first-order valence-electron chi connectivity index (χ1n) is 8.85. The average molecular weight is 322 g/mol. The second kappa shape index (κ2) is 8.00. The van der Waals surface area contributed by atoms with Crippen LogP contribution in [-0.2, 0) is 0 Å². The first kappa shape index (κ1) is 16.6. The van der Waals surface area contributed by atoms with E-state index in [-0.39, 0.29) is 0 Å². The van der Waals surface area contributed by atoms with Crippen molar-refractivity contribution < 1.29 is 4.74 Å². The van der Waals surface area contributed by atoms with Gasteiger partial charge in [0.05, 0.1) is 19.3 Å². The number of anilines is 1. The highest BCUT2D eigenvalue weighted by atomic mass is 16.5. The van der Waals surface area contributed by atoms with Crippen molar-refractivity contribution in [3.8, 4) is 5.75 Å². The van der Waals surface area contributed by atoms with E-state index < -0.39 is 0 Å². The quantitative estimate of drug-likeness (QED) is 0.652.